The van der Waals surface area contributed by atoms with Crippen molar-refractivity contribution in [1.29, 1.82) is 0 Å². The lowest BCUT2D eigenvalue weighted by molar-refractivity contribution is -0.122. The number of rotatable bonds is 6. The van der Waals surface area contributed by atoms with Crippen molar-refractivity contribution in [2.75, 3.05) is 17.7 Å². The highest BCUT2D eigenvalue weighted by Gasteiger charge is 2.17. The van der Waals surface area contributed by atoms with Gasteiger partial charge in [0.1, 0.15) is 11.5 Å². The van der Waals surface area contributed by atoms with E-state index >= 15 is 0 Å². The van der Waals surface area contributed by atoms with E-state index in [4.69, 9.17) is 21.1 Å². The van der Waals surface area contributed by atoms with Crippen LogP contribution in [0.5, 0.6) is 11.5 Å². The number of carbonyl (C=O) groups excluding carboxylic acids is 2. The first kappa shape index (κ1) is 18.6. The average molecular weight is 363 g/mol. The Morgan fingerprint density at radius 2 is 1.76 bits per heavy atom. The number of benzene rings is 2. The van der Waals surface area contributed by atoms with Crippen LogP contribution >= 0.6 is 11.6 Å². The summed E-state index contributed by atoms with van der Waals surface area (Å²) in [5.41, 5.74) is 1.12. The Kier molecular flexibility index (Phi) is 6.25. The van der Waals surface area contributed by atoms with Crippen LogP contribution in [0.2, 0.25) is 5.02 Å². The third-order valence-corrected chi connectivity index (χ3v) is 3.51. The summed E-state index contributed by atoms with van der Waals surface area (Å²) in [5.74, 6) is 0.516. The quantitative estimate of drug-likeness (QED) is 0.821. The van der Waals surface area contributed by atoms with Crippen LogP contribution in [0.1, 0.15) is 13.8 Å². The molecule has 0 fully saturated rings. The Morgan fingerprint density at radius 1 is 1.08 bits per heavy atom. The maximum atomic E-state index is 12.3. The van der Waals surface area contributed by atoms with Crippen molar-refractivity contribution in [2.24, 2.45) is 0 Å². The van der Waals surface area contributed by atoms with E-state index in [-0.39, 0.29) is 11.8 Å². The summed E-state index contributed by atoms with van der Waals surface area (Å²) >= 11 is 5.95. The summed E-state index contributed by atoms with van der Waals surface area (Å²) in [6, 6.07) is 11.7. The van der Waals surface area contributed by atoms with Gasteiger partial charge in [-0.15, -0.1) is 0 Å². The fraction of sp³-hybridized carbons (Fsp3) is 0.222. The molecule has 7 heteroatoms. The Hall–Kier alpha value is -2.73. The molecule has 2 N–H and O–H groups in total. The highest BCUT2D eigenvalue weighted by Crippen LogP contribution is 2.28. The van der Waals surface area contributed by atoms with Crippen molar-refractivity contribution in [3.8, 4) is 11.5 Å². The monoisotopic (exact) mass is 362 g/mol. The molecule has 0 saturated carbocycles. The number of ether oxygens (including phenoxy) is 2. The van der Waals surface area contributed by atoms with Gasteiger partial charge >= 0.3 is 0 Å². The van der Waals surface area contributed by atoms with Crippen LogP contribution < -0.4 is 20.1 Å². The number of anilines is 2. The maximum Gasteiger partial charge on any atom is 0.265 e. The number of hydrogen-bond donors (Lipinski definition) is 2. The Balaban J connectivity index is 2.00. The molecule has 0 aliphatic carbocycles. The van der Waals surface area contributed by atoms with Crippen LogP contribution in [0, 0.1) is 0 Å². The molecule has 0 heterocycles. The van der Waals surface area contributed by atoms with Crippen molar-refractivity contribution < 1.29 is 19.1 Å². The molecule has 2 aromatic rings. The second-order valence-corrected chi connectivity index (χ2v) is 5.74. The van der Waals surface area contributed by atoms with Crippen molar-refractivity contribution in [1.82, 2.24) is 0 Å². The minimum atomic E-state index is -0.740. The summed E-state index contributed by atoms with van der Waals surface area (Å²) in [4.78, 5) is 23.3. The standard InChI is InChI=1S/C18H19ClN2O4/c1-11(25-15-7-5-14(6-8-15)20-12(2)22)18(23)21-16-10-13(19)4-9-17(16)24-3/h4-11H,1-3H3,(H,20,22)(H,21,23). The summed E-state index contributed by atoms with van der Waals surface area (Å²) < 4.78 is 10.8. The minimum absolute atomic E-state index is 0.156. The maximum absolute atomic E-state index is 12.3. The Bertz CT molecular complexity index is 762. The first-order valence-electron chi connectivity index (χ1n) is 7.57. The molecule has 132 valence electrons. The van der Waals surface area contributed by atoms with E-state index in [0.29, 0.717) is 27.9 Å². The molecule has 0 aromatic heterocycles. The fourth-order valence-corrected chi connectivity index (χ4v) is 2.26. The molecule has 0 radical (unpaired) electrons. The lowest BCUT2D eigenvalue weighted by Crippen LogP contribution is -2.30. The molecular weight excluding hydrogens is 344 g/mol. The van der Waals surface area contributed by atoms with Gasteiger partial charge in [-0.25, -0.2) is 0 Å². The molecular formula is C18H19ClN2O4. The van der Waals surface area contributed by atoms with Gasteiger partial charge in [0.15, 0.2) is 6.10 Å². The number of halogens is 1. The van der Waals surface area contributed by atoms with Gasteiger partial charge in [0.2, 0.25) is 5.91 Å². The minimum Gasteiger partial charge on any atom is -0.495 e. The van der Waals surface area contributed by atoms with Gasteiger partial charge in [-0.05, 0) is 49.4 Å². The number of carbonyl (C=O) groups is 2. The van der Waals surface area contributed by atoms with Crippen molar-refractivity contribution >= 4 is 34.8 Å². The smallest absolute Gasteiger partial charge is 0.265 e. The molecule has 2 rings (SSSR count). The number of amides is 2. The first-order chi connectivity index (χ1) is 11.9. The van der Waals surface area contributed by atoms with Crippen molar-refractivity contribution in [2.45, 2.75) is 20.0 Å². The van der Waals surface area contributed by atoms with Gasteiger partial charge in [0.25, 0.3) is 5.91 Å². The van der Waals surface area contributed by atoms with E-state index < -0.39 is 6.10 Å². The highest BCUT2D eigenvalue weighted by molar-refractivity contribution is 6.31. The zero-order valence-corrected chi connectivity index (χ0v) is 14.9. The van der Waals surface area contributed by atoms with E-state index in [9.17, 15) is 9.59 Å². The van der Waals surface area contributed by atoms with Crippen LogP contribution in [0.4, 0.5) is 11.4 Å². The topological polar surface area (TPSA) is 76.7 Å². The molecule has 1 unspecified atom stereocenters. The molecule has 25 heavy (non-hydrogen) atoms. The molecule has 2 aromatic carbocycles. The molecule has 0 aliphatic rings. The third-order valence-electron chi connectivity index (χ3n) is 3.28. The number of methoxy groups -OCH3 is 1. The number of hydrogen-bond acceptors (Lipinski definition) is 4. The lowest BCUT2D eigenvalue weighted by atomic mass is 10.2. The van der Waals surface area contributed by atoms with Crippen LogP contribution in [-0.4, -0.2) is 25.0 Å². The summed E-state index contributed by atoms with van der Waals surface area (Å²) in [7, 11) is 1.51. The third kappa shape index (κ3) is 5.39. The van der Waals surface area contributed by atoms with Gasteiger partial charge in [-0.2, -0.15) is 0 Å². The van der Waals surface area contributed by atoms with Gasteiger partial charge in [-0.3, -0.25) is 9.59 Å². The molecule has 6 nitrogen and oxygen atoms in total. The zero-order valence-electron chi connectivity index (χ0n) is 14.1. The Labute approximate surface area is 151 Å². The molecule has 0 bridgehead atoms. The molecule has 0 aliphatic heterocycles. The van der Waals surface area contributed by atoms with Crippen LogP contribution in [0.3, 0.4) is 0 Å². The normalized spacial score (nSPS) is 11.4. The van der Waals surface area contributed by atoms with Crippen molar-refractivity contribution in [3.05, 3.63) is 47.5 Å². The van der Waals surface area contributed by atoms with Gasteiger partial charge in [-0.1, -0.05) is 11.6 Å². The molecule has 0 saturated heterocycles. The second-order valence-electron chi connectivity index (χ2n) is 5.30. The van der Waals surface area contributed by atoms with Gasteiger partial charge in [0, 0.05) is 17.6 Å². The van der Waals surface area contributed by atoms with Gasteiger partial charge < -0.3 is 20.1 Å². The molecule has 2 amide bonds. The van der Waals surface area contributed by atoms with Gasteiger partial charge in [0.05, 0.1) is 12.8 Å². The summed E-state index contributed by atoms with van der Waals surface area (Å²) in [5, 5.41) is 5.87. The molecule has 0 spiro atoms. The van der Waals surface area contributed by atoms with Crippen LogP contribution in [0.15, 0.2) is 42.5 Å². The zero-order chi connectivity index (χ0) is 18.4. The largest absolute Gasteiger partial charge is 0.495 e. The Morgan fingerprint density at radius 3 is 2.36 bits per heavy atom. The summed E-state index contributed by atoms with van der Waals surface area (Å²) in [6.45, 7) is 3.06. The number of nitrogens with one attached hydrogen (secondary N) is 2. The summed E-state index contributed by atoms with van der Waals surface area (Å²) in [6.07, 6.45) is -0.740. The lowest BCUT2D eigenvalue weighted by Gasteiger charge is -2.16. The van der Waals surface area contributed by atoms with E-state index in [2.05, 4.69) is 10.6 Å². The predicted molar refractivity (Wildman–Crippen MR) is 97.5 cm³/mol. The average Bonchev–Trinajstić information content (AvgIpc) is 2.56. The molecule has 1 atom stereocenters. The second kappa shape index (κ2) is 8.39. The van der Waals surface area contributed by atoms with E-state index in [1.807, 2.05) is 0 Å². The fourth-order valence-electron chi connectivity index (χ4n) is 2.09. The predicted octanol–water partition coefficient (Wildman–Crippen LogP) is 3.71. The van der Waals surface area contributed by atoms with E-state index in [1.165, 1.54) is 14.0 Å². The van der Waals surface area contributed by atoms with E-state index in [1.54, 1.807) is 49.4 Å². The first-order valence-corrected chi connectivity index (χ1v) is 7.95. The SMILES string of the molecule is COc1ccc(Cl)cc1NC(=O)C(C)Oc1ccc(NC(C)=O)cc1. The van der Waals surface area contributed by atoms with E-state index in [0.717, 1.165) is 0 Å². The van der Waals surface area contributed by atoms with Crippen LogP contribution in [0.25, 0.3) is 0 Å². The van der Waals surface area contributed by atoms with Crippen molar-refractivity contribution in [3.63, 3.8) is 0 Å². The highest BCUT2D eigenvalue weighted by atomic mass is 35.5. The van der Waals surface area contributed by atoms with Crippen LogP contribution in [-0.2, 0) is 9.59 Å².